The number of amides is 3. The SMILES string of the molecule is CNC(=O)[C@@](C)(CS)NC(=O)C(N)(CS)NC(=O)[C@@](C)(CS)NC. The van der Waals surface area contributed by atoms with E-state index in [-0.39, 0.29) is 17.3 Å². The van der Waals surface area contributed by atoms with Crippen molar-refractivity contribution in [2.45, 2.75) is 30.6 Å². The first-order valence-corrected chi connectivity index (χ1v) is 9.06. The zero-order chi connectivity index (χ0) is 19.2. The molecule has 0 saturated heterocycles. The van der Waals surface area contributed by atoms with Crippen LogP contribution in [0, 0.1) is 0 Å². The third kappa shape index (κ3) is 5.19. The topological polar surface area (TPSA) is 125 Å². The van der Waals surface area contributed by atoms with E-state index in [9.17, 15) is 14.4 Å². The molecule has 0 aromatic rings. The molecule has 3 amide bonds. The maximum Gasteiger partial charge on any atom is 0.262 e. The highest BCUT2D eigenvalue weighted by Crippen LogP contribution is 2.12. The van der Waals surface area contributed by atoms with Crippen molar-refractivity contribution in [3.05, 3.63) is 0 Å². The lowest BCUT2D eigenvalue weighted by Gasteiger charge is -2.36. The average Bonchev–Trinajstić information content (AvgIpc) is 2.59. The molecule has 24 heavy (non-hydrogen) atoms. The predicted octanol–water partition coefficient (Wildman–Crippen LogP) is -1.85. The van der Waals surface area contributed by atoms with Gasteiger partial charge in [-0.1, -0.05) is 0 Å². The van der Waals surface area contributed by atoms with E-state index in [1.54, 1.807) is 14.0 Å². The molecular formula is C13H27N5O3S3. The average molecular weight is 398 g/mol. The molecule has 3 atom stereocenters. The lowest BCUT2D eigenvalue weighted by molar-refractivity contribution is -0.138. The molecule has 0 bridgehead atoms. The smallest absolute Gasteiger partial charge is 0.262 e. The molecule has 0 aliphatic heterocycles. The zero-order valence-electron chi connectivity index (χ0n) is 14.3. The number of nitrogens with two attached hydrogens (primary N) is 1. The van der Waals surface area contributed by atoms with Gasteiger partial charge in [0.2, 0.25) is 11.8 Å². The molecule has 8 nitrogen and oxygen atoms in total. The molecule has 0 rings (SSSR count). The van der Waals surface area contributed by atoms with Crippen LogP contribution in [0.1, 0.15) is 13.8 Å². The molecule has 0 aliphatic carbocycles. The highest BCUT2D eigenvalue weighted by Gasteiger charge is 2.43. The minimum Gasteiger partial charge on any atom is -0.357 e. The Morgan fingerprint density at radius 1 is 0.833 bits per heavy atom. The third-order valence-corrected chi connectivity index (χ3v) is 5.56. The fraction of sp³-hybridized carbons (Fsp3) is 0.769. The summed E-state index contributed by atoms with van der Waals surface area (Å²) in [7, 11) is 3.04. The summed E-state index contributed by atoms with van der Waals surface area (Å²) in [6, 6.07) is 0. The Bertz CT molecular complexity index is 489. The molecule has 140 valence electrons. The lowest BCUT2D eigenvalue weighted by Crippen LogP contribution is -2.73. The molecule has 0 saturated carbocycles. The van der Waals surface area contributed by atoms with Gasteiger partial charge in [-0.2, -0.15) is 37.9 Å². The summed E-state index contributed by atoms with van der Waals surface area (Å²) in [4.78, 5) is 36.9. The molecule has 0 aromatic carbocycles. The fourth-order valence-corrected chi connectivity index (χ4v) is 2.33. The van der Waals surface area contributed by atoms with Crippen molar-refractivity contribution in [1.29, 1.82) is 0 Å². The molecular weight excluding hydrogens is 370 g/mol. The maximum absolute atomic E-state index is 12.6. The molecule has 0 spiro atoms. The van der Waals surface area contributed by atoms with Gasteiger partial charge in [-0.15, -0.1) is 0 Å². The minimum absolute atomic E-state index is 0.0415. The normalized spacial score (nSPS) is 18.5. The van der Waals surface area contributed by atoms with Crippen molar-refractivity contribution in [2.24, 2.45) is 5.73 Å². The standard InChI is InChI=1S/C13H27N5O3S3/c1-11(5-22,16-4)9(20)18-13(14,7-24)10(21)17-12(2,6-23)8(19)15-3/h16,22-24H,5-7,14H2,1-4H3,(H,15,19)(H,17,21)(H,18,20)/t11-,12-,13?/m1/s1. The van der Waals surface area contributed by atoms with Crippen LogP contribution in [0.5, 0.6) is 0 Å². The maximum atomic E-state index is 12.6. The Kier molecular flexibility index (Phi) is 8.94. The van der Waals surface area contributed by atoms with E-state index in [1.807, 2.05) is 0 Å². The second-order valence-electron chi connectivity index (χ2n) is 5.85. The Balaban J connectivity index is 5.39. The van der Waals surface area contributed by atoms with E-state index >= 15 is 0 Å². The van der Waals surface area contributed by atoms with Crippen LogP contribution < -0.4 is 27.0 Å². The number of likely N-dealkylation sites (N-methyl/N-ethyl adjacent to an activating group) is 2. The first-order valence-electron chi connectivity index (χ1n) is 7.16. The number of thiol groups is 3. The lowest BCUT2D eigenvalue weighted by atomic mass is 10.0. The van der Waals surface area contributed by atoms with Gasteiger partial charge in [0.05, 0.1) is 0 Å². The summed E-state index contributed by atoms with van der Waals surface area (Å²) in [6.07, 6.45) is 0. The van der Waals surface area contributed by atoms with E-state index < -0.39 is 34.5 Å². The van der Waals surface area contributed by atoms with Gasteiger partial charge in [-0.3, -0.25) is 14.4 Å². The molecule has 0 heterocycles. The van der Waals surface area contributed by atoms with E-state index in [0.29, 0.717) is 0 Å². The Morgan fingerprint density at radius 3 is 1.67 bits per heavy atom. The van der Waals surface area contributed by atoms with Crippen molar-refractivity contribution in [1.82, 2.24) is 21.3 Å². The van der Waals surface area contributed by atoms with Crippen LogP contribution in [0.4, 0.5) is 0 Å². The highest BCUT2D eigenvalue weighted by atomic mass is 32.1. The Morgan fingerprint density at radius 2 is 1.33 bits per heavy atom. The quantitative estimate of drug-likeness (QED) is 0.171. The van der Waals surface area contributed by atoms with Crippen LogP contribution in [-0.4, -0.2) is 65.8 Å². The van der Waals surface area contributed by atoms with Crippen molar-refractivity contribution in [2.75, 3.05) is 31.4 Å². The molecule has 6 N–H and O–H groups in total. The summed E-state index contributed by atoms with van der Waals surface area (Å²) in [5.41, 5.74) is 1.90. The third-order valence-electron chi connectivity index (χ3n) is 3.79. The molecule has 0 fully saturated rings. The first-order chi connectivity index (χ1) is 11.0. The van der Waals surface area contributed by atoms with E-state index in [4.69, 9.17) is 5.73 Å². The van der Waals surface area contributed by atoms with Gasteiger partial charge in [0.15, 0.2) is 5.66 Å². The van der Waals surface area contributed by atoms with E-state index in [1.165, 1.54) is 14.0 Å². The van der Waals surface area contributed by atoms with Gasteiger partial charge in [-0.25, -0.2) is 0 Å². The van der Waals surface area contributed by atoms with Crippen molar-refractivity contribution in [3.8, 4) is 0 Å². The number of carbonyl (C=O) groups is 3. The zero-order valence-corrected chi connectivity index (χ0v) is 16.9. The largest absolute Gasteiger partial charge is 0.357 e. The number of hydrogen-bond donors (Lipinski definition) is 8. The van der Waals surface area contributed by atoms with Crippen LogP contribution in [0.25, 0.3) is 0 Å². The number of hydrogen-bond acceptors (Lipinski definition) is 8. The Labute approximate surface area is 159 Å². The monoisotopic (exact) mass is 397 g/mol. The predicted molar refractivity (Wildman–Crippen MR) is 105 cm³/mol. The summed E-state index contributed by atoms with van der Waals surface area (Å²) < 4.78 is 0. The van der Waals surface area contributed by atoms with Crippen LogP contribution in [0.3, 0.4) is 0 Å². The van der Waals surface area contributed by atoms with Crippen LogP contribution >= 0.6 is 37.9 Å². The van der Waals surface area contributed by atoms with Crippen molar-refractivity contribution < 1.29 is 14.4 Å². The number of rotatable bonds is 9. The highest BCUT2D eigenvalue weighted by molar-refractivity contribution is 7.80. The van der Waals surface area contributed by atoms with Crippen molar-refractivity contribution >= 4 is 55.6 Å². The van der Waals surface area contributed by atoms with Crippen LogP contribution in [0.2, 0.25) is 0 Å². The number of nitrogens with one attached hydrogen (secondary N) is 4. The van der Waals surface area contributed by atoms with Gasteiger partial charge < -0.3 is 27.0 Å². The van der Waals surface area contributed by atoms with Gasteiger partial charge in [-0.05, 0) is 20.9 Å². The summed E-state index contributed by atoms with van der Waals surface area (Å²) in [6.45, 7) is 3.12. The summed E-state index contributed by atoms with van der Waals surface area (Å²) in [5, 5.41) is 10.3. The minimum atomic E-state index is -1.81. The number of carbonyl (C=O) groups excluding carboxylic acids is 3. The molecule has 0 aromatic heterocycles. The fourth-order valence-electron chi connectivity index (χ4n) is 1.58. The molecule has 0 radical (unpaired) electrons. The van der Waals surface area contributed by atoms with Crippen molar-refractivity contribution in [3.63, 3.8) is 0 Å². The first kappa shape index (κ1) is 23.4. The van der Waals surface area contributed by atoms with E-state index in [0.717, 1.165) is 0 Å². The van der Waals surface area contributed by atoms with Gasteiger partial charge in [0.1, 0.15) is 11.1 Å². The second kappa shape index (κ2) is 9.18. The molecule has 1 unspecified atom stereocenters. The molecule has 11 heteroatoms. The Hall–Kier alpha value is -0.620. The molecule has 0 aliphatic rings. The van der Waals surface area contributed by atoms with Crippen LogP contribution in [-0.2, 0) is 14.4 Å². The van der Waals surface area contributed by atoms with Crippen LogP contribution in [0.15, 0.2) is 0 Å². The second-order valence-corrected chi connectivity index (χ2v) is 6.80. The van der Waals surface area contributed by atoms with E-state index in [2.05, 4.69) is 59.2 Å². The van der Waals surface area contributed by atoms with Gasteiger partial charge >= 0.3 is 0 Å². The summed E-state index contributed by atoms with van der Waals surface area (Å²) in [5.74, 6) is -1.64. The van der Waals surface area contributed by atoms with Gasteiger partial charge in [0.25, 0.3) is 5.91 Å². The van der Waals surface area contributed by atoms with Gasteiger partial charge in [0, 0.05) is 24.3 Å². The summed E-state index contributed by atoms with van der Waals surface area (Å²) >= 11 is 12.3.